The van der Waals surface area contributed by atoms with Gasteiger partial charge in [0.05, 0.1) is 25.4 Å². The van der Waals surface area contributed by atoms with E-state index in [1.165, 1.54) is 0 Å². The molecular formula is C17H29NO3. The normalized spacial score (nSPS) is 14.6. The Morgan fingerprint density at radius 3 is 2.10 bits per heavy atom. The van der Waals surface area contributed by atoms with Crippen LogP contribution < -0.4 is 15.2 Å². The molecule has 2 N–H and O–H groups in total. The van der Waals surface area contributed by atoms with Gasteiger partial charge in [-0.05, 0) is 37.0 Å². The van der Waals surface area contributed by atoms with E-state index in [1.54, 1.807) is 7.11 Å². The number of rotatable bonds is 7. The van der Waals surface area contributed by atoms with Crippen molar-refractivity contribution in [3.8, 4) is 11.5 Å². The van der Waals surface area contributed by atoms with Crippen LogP contribution in [-0.4, -0.2) is 26.4 Å². The molecule has 0 radical (unpaired) electrons. The van der Waals surface area contributed by atoms with Crippen molar-refractivity contribution in [3.05, 3.63) is 23.8 Å². The molecule has 1 aromatic carbocycles. The van der Waals surface area contributed by atoms with Gasteiger partial charge in [-0.3, -0.25) is 0 Å². The smallest absolute Gasteiger partial charge is 0.161 e. The zero-order chi connectivity index (χ0) is 16.0. The highest BCUT2D eigenvalue weighted by Gasteiger charge is 2.31. The molecule has 0 fully saturated rings. The summed E-state index contributed by atoms with van der Waals surface area (Å²) in [5.74, 6) is 1.48. The molecule has 0 aliphatic rings. The summed E-state index contributed by atoms with van der Waals surface area (Å²) in [6, 6.07) is 5.64. The van der Waals surface area contributed by atoms with Gasteiger partial charge in [-0.15, -0.1) is 0 Å². The van der Waals surface area contributed by atoms with Crippen molar-refractivity contribution in [2.24, 2.45) is 11.1 Å². The van der Waals surface area contributed by atoms with Gasteiger partial charge >= 0.3 is 0 Å². The number of ether oxygens (including phenoxy) is 3. The molecule has 2 unspecified atom stereocenters. The van der Waals surface area contributed by atoms with Crippen molar-refractivity contribution in [1.29, 1.82) is 0 Å². The second kappa shape index (κ2) is 7.66. The summed E-state index contributed by atoms with van der Waals surface area (Å²) >= 11 is 0. The predicted molar refractivity (Wildman–Crippen MR) is 86.0 cm³/mol. The highest BCUT2D eigenvalue weighted by Crippen LogP contribution is 2.35. The third-order valence-electron chi connectivity index (χ3n) is 3.39. The summed E-state index contributed by atoms with van der Waals surface area (Å²) in [7, 11) is 1.70. The highest BCUT2D eigenvalue weighted by atomic mass is 16.5. The van der Waals surface area contributed by atoms with Crippen molar-refractivity contribution >= 4 is 0 Å². The van der Waals surface area contributed by atoms with Crippen LogP contribution in [0.5, 0.6) is 11.5 Å². The largest absolute Gasteiger partial charge is 0.490 e. The Bertz CT molecular complexity index is 440. The van der Waals surface area contributed by atoms with Gasteiger partial charge in [-0.1, -0.05) is 26.8 Å². The van der Waals surface area contributed by atoms with Crippen LogP contribution in [0, 0.1) is 5.41 Å². The van der Waals surface area contributed by atoms with Gasteiger partial charge in [-0.25, -0.2) is 0 Å². The molecule has 0 aliphatic heterocycles. The predicted octanol–water partition coefficient (Wildman–Crippen LogP) is 3.54. The third-order valence-corrected chi connectivity index (χ3v) is 3.39. The Morgan fingerprint density at radius 1 is 1.05 bits per heavy atom. The van der Waals surface area contributed by atoms with E-state index in [0.29, 0.717) is 13.2 Å². The lowest BCUT2D eigenvalue weighted by Gasteiger charge is -2.34. The maximum absolute atomic E-state index is 6.40. The molecular weight excluding hydrogens is 266 g/mol. The van der Waals surface area contributed by atoms with Crippen molar-refractivity contribution in [2.75, 3.05) is 20.3 Å². The minimum Gasteiger partial charge on any atom is -0.490 e. The maximum Gasteiger partial charge on any atom is 0.161 e. The van der Waals surface area contributed by atoms with Crippen molar-refractivity contribution in [2.45, 2.75) is 46.8 Å². The molecule has 0 aromatic heterocycles. The molecule has 120 valence electrons. The Labute approximate surface area is 128 Å². The van der Waals surface area contributed by atoms with Crippen LogP contribution in [-0.2, 0) is 4.74 Å². The van der Waals surface area contributed by atoms with Crippen LogP contribution in [0.25, 0.3) is 0 Å². The van der Waals surface area contributed by atoms with Gasteiger partial charge < -0.3 is 19.9 Å². The lowest BCUT2D eigenvalue weighted by Crippen LogP contribution is -2.38. The fourth-order valence-corrected chi connectivity index (χ4v) is 2.49. The van der Waals surface area contributed by atoms with Crippen molar-refractivity contribution in [1.82, 2.24) is 0 Å². The Balaban J connectivity index is 3.09. The van der Waals surface area contributed by atoms with E-state index in [-0.39, 0.29) is 17.6 Å². The number of nitrogens with two attached hydrogens (primary N) is 1. The summed E-state index contributed by atoms with van der Waals surface area (Å²) in [6.07, 6.45) is -0.0788. The molecule has 0 heterocycles. The third kappa shape index (κ3) is 4.61. The summed E-state index contributed by atoms with van der Waals surface area (Å²) in [5.41, 5.74) is 7.35. The molecule has 0 bridgehead atoms. The lowest BCUT2D eigenvalue weighted by atomic mass is 9.82. The Morgan fingerprint density at radius 2 is 1.62 bits per heavy atom. The van der Waals surface area contributed by atoms with Crippen molar-refractivity contribution in [3.63, 3.8) is 0 Å². The second-order valence-electron chi connectivity index (χ2n) is 6.12. The standard InChI is InChI=1S/C17H29NO3/c1-7-20-13-10-9-12(11-14(13)21-8-2)15(18)16(19-6)17(3,4)5/h9-11,15-16H,7-8,18H2,1-6H3. The molecule has 0 amide bonds. The van der Waals surface area contributed by atoms with E-state index in [9.17, 15) is 0 Å². The van der Waals surface area contributed by atoms with E-state index in [1.807, 2.05) is 32.0 Å². The summed E-state index contributed by atoms with van der Waals surface area (Å²) in [5, 5.41) is 0. The number of hydrogen-bond acceptors (Lipinski definition) is 4. The first-order valence-corrected chi connectivity index (χ1v) is 7.53. The molecule has 0 saturated carbocycles. The quantitative estimate of drug-likeness (QED) is 0.836. The van der Waals surface area contributed by atoms with E-state index in [2.05, 4.69) is 20.8 Å². The van der Waals surface area contributed by atoms with E-state index < -0.39 is 0 Å². The van der Waals surface area contributed by atoms with E-state index in [4.69, 9.17) is 19.9 Å². The van der Waals surface area contributed by atoms with E-state index in [0.717, 1.165) is 17.1 Å². The summed E-state index contributed by atoms with van der Waals surface area (Å²) in [6.45, 7) is 11.5. The van der Waals surface area contributed by atoms with Gasteiger partial charge in [-0.2, -0.15) is 0 Å². The Kier molecular flexibility index (Phi) is 6.49. The SMILES string of the molecule is CCOc1ccc(C(N)C(OC)C(C)(C)C)cc1OCC. The van der Waals surface area contributed by atoms with Crippen LogP contribution in [0.3, 0.4) is 0 Å². The average Bonchev–Trinajstić information content (AvgIpc) is 2.40. The van der Waals surface area contributed by atoms with Crippen LogP contribution in [0.1, 0.15) is 46.2 Å². The van der Waals surface area contributed by atoms with Gasteiger partial charge in [0.25, 0.3) is 0 Å². The fourth-order valence-electron chi connectivity index (χ4n) is 2.49. The number of hydrogen-bond donors (Lipinski definition) is 1. The molecule has 1 rings (SSSR count). The van der Waals surface area contributed by atoms with Crippen LogP contribution >= 0.6 is 0 Å². The van der Waals surface area contributed by atoms with E-state index >= 15 is 0 Å². The summed E-state index contributed by atoms with van der Waals surface area (Å²) < 4.78 is 16.9. The molecule has 0 saturated heterocycles. The minimum absolute atomic E-state index is 0.0431. The molecule has 4 heteroatoms. The summed E-state index contributed by atoms with van der Waals surface area (Å²) in [4.78, 5) is 0. The van der Waals surface area contributed by atoms with Gasteiger partial charge in [0, 0.05) is 7.11 Å². The second-order valence-corrected chi connectivity index (χ2v) is 6.12. The number of methoxy groups -OCH3 is 1. The van der Waals surface area contributed by atoms with Gasteiger partial charge in [0.15, 0.2) is 11.5 Å². The first kappa shape index (κ1) is 17.8. The topological polar surface area (TPSA) is 53.7 Å². The molecule has 4 nitrogen and oxygen atoms in total. The monoisotopic (exact) mass is 295 g/mol. The number of benzene rings is 1. The first-order valence-electron chi connectivity index (χ1n) is 7.53. The van der Waals surface area contributed by atoms with Crippen LogP contribution in [0.4, 0.5) is 0 Å². The van der Waals surface area contributed by atoms with Gasteiger partial charge in [0.1, 0.15) is 0 Å². The fraction of sp³-hybridized carbons (Fsp3) is 0.647. The van der Waals surface area contributed by atoms with Gasteiger partial charge in [0.2, 0.25) is 0 Å². The Hall–Kier alpha value is -1.26. The lowest BCUT2D eigenvalue weighted by molar-refractivity contribution is -0.00248. The molecule has 21 heavy (non-hydrogen) atoms. The molecule has 2 atom stereocenters. The zero-order valence-corrected chi connectivity index (χ0v) is 14.1. The minimum atomic E-state index is -0.218. The van der Waals surface area contributed by atoms with Crippen LogP contribution in [0.2, 0.25) is 0 Å². The molecule has 1 aromatic rings. The van der Waals surface area contributed by atoms with Crippen LogP contribution in [0.15, 0.2) is 18.2 Å². The van der Waals surface area contributed by atoms with Crippen molar-refractivity contribution < 1.29 is 14.2 Å². The first-order chi connectivity index (χ1) is 9.85. The average molecular weight is 295 g/mol. The highest BCUT2D eigenvalue weighted by molar-refractivity contribution is 5.44. The zero-order valence-electron chi connectivity index (χ0n) is 14.1. The molecule has 0 spiro atoms. The maximum atomic E-state index is 6.40. The molecule has 0 aliphatic carbocycles.